The van der Waals surface area contributed by atoms with Crippen LogP contribution < -0.4 is 14.8 Å². The van der Waals surface area contributed by atoms with Gasteiger partial charge in [-0.3, -0.25) is 4.79 Å². The second kappa shape index (κ2) is 7.50. The molecule has 0 atom stereocenters. The van der Waals surface area contributed by atoms with Crippen molar-refractivity contribution in [3.8, 4) is 11.5 Å². The van der Waals surface area contributed by atoms with Gasteiger partial charge in [-0.1, -0.05) is 12.1 Å². The maximum atomic E-state index is 12.0. The lowest BCUT2D eigenvalue weighted by Crippen LogP contribution is -2.12. The van der Waals surface area contributed by atoms with Gasteiger partial charge < -0.3 is 14.8 Å². The van der Waals surface area contributed by atoms with Gasteiger partial charge in [0.15, 0.2) is 0 Å². The van der Waals surface area contributed by atoms with Crippen LogP contribution in [0.1, 0.15) is 17.5 Å². The van der Waals surface area contributed by atoms with E-state index in [0.29, 0.717) is 12.8 Å². The fourth-order valence-corrected chi connectivity index (χ4v) is 2.25. The second-order valence-corrected chi connectivity index (χ2v) is 5.08. The highest BCUT2D eigenvalue weighted by Crippen LogP contribution is 2.19. The summed E-state index contributed by atoms with van der Waals surface area (Å²) in [6, 6.07) is 13.3. The first kappa shape index (κ1) is 15.9. The Morgan fingerprint density at radius 1 is 1.05 bits per heavy atom. The van der Waals surface area contributed by atoms with Gasteiger partial charge in [-0.2, -0.15) is 0 Å². The van der Waals surface area contributed by atoms with Crippen LogP contribution in [0.15, 0.2) is 42.5 Å². The number of nitrogens with one attached hydrogen (secondary N) is 1. The van der Waals surface area contributed by atoms with Gasteiger partial charge in [0.2, 0.25) is 5.91 Å². The number of carbonyl (C=O) groups excluding carboxylic acids is 1. The van der Waals surface area contributed by atoms with Gasteiger partial charge >= 0.3 is 0 Å². The van der Waals surface area contributed by atoms with Crippen LogP contribution in [0.5, 0.6) is 11.5 Å². The molecule has 0 saturated carbocycles. The molecule has 0 spiro atoms. The molecule has 22 heavy (non-hydrogen) atoms. The van der Waals surface area contributed by atoms with Crippen LogP contribution in [0.4, 0.5) is 5.69 Å². The molecule has 2 aromatic carbocycles. The number of ether oxygens (including phenoxy) is 2. The molecule has 4 nitrogen and oxygen atoms in total. The molecule has 0 radical (unpaired) electrons. The first-order chi connectivity index (χ1) is 10.6. The molecule has 116 valence electrons. The predicted octanol–water partition coefficient (Wildman–Crippen LogP) is 3.58. The quantitative estimate of drug-likeness (QED) is 0.887. The Morgan fingerprint density at radius 2 is 1.77 bits per heavy atom. The normalized spacial score (nSPS) is 10.1. The van der Waals surface area contributed by atoms with E-state index in [0.717, 1.165) is 28.3 Å². The zero-order valence-corrected chi connectivity index (χ0v) is 13.2. The maximum absolute atomic E-state index is 12.0. The zero-order valence-electron chi connectivity index (χ0n) is 13.2. The lowest BCUT2D eigenvalue weighted by Gasteiger charge is -2.08. The Morgan fingerprint density at radius 3 is 2.36 bits per heavy atom. The maximum Gasteiger partial charge on any atom is 0.224 e. The molecule has 0 bridgehead atoms. The number of aryl methyl sites for hydroxylation is 2. The highest BCUT2D eigenvalue weighted by molar-refractivity contribution is 5.90. The molecule has 2 rings (SSSR count). The molecule has 0 aliphatic heterocycles. The number of anilines is 1. The first-order valence-electron chi connectivity index (χ1n) is 7.20. The van der Waals surface area contributed by atoms with E-state index in [9.17, 15) is 4.79 Å². The minimum atomic E-state index is -0.00126. The SMILES string of the molecule is COc1ccc(NC(=O)CCc2ccc(OC)c(C)c2)cc1. The minimum absolute atomic E-state index is 0.00126. The summed E-state index contributed by atoms with van der Waals surface area (Å²) in [7, 11) is 3.27. The Bertz CT molecular complexity index is 635. The summed E-state index contributed by atoms with van der Waals surface area (Å²) in [6.07, 6.45) is 1.14. The number of amides is 1. The Balaban J connectivity index is 1.88. The molecule has 0 fully saturated rings. The van der Waals surface area contributed by atoms with E-state index < -0.39 is 0 Å². The van der Waals surface area contributed by atoms with Crippen molar-refractivity contribution in [1.29, 1.82) is 0 Å². The predicted molar refractivity (Wildman–Crippen MR) is 87.7 cm³/mol. The van der Waals surface area contributed by atoms with Crippen LogP contribution >= 0.6 is 0 Å². The number of benzene rings is 2. The van der Waals surface area contributed by atoms with Gasteiger partial charge in [0, 0.05) is 12.1 Å². The van der Waals surface area contributed by atoms with Crippen LogP contribution in [-0.2, 0) is 11.2 Å². The monoisotopic (exact) mass is 299 g/mol. The van der Waals surface area contributed by atoms with E-state index in [-0.39, 0.29) is 5.91 Å². The van der Waals surface area contributed by atoms with Gasteiger partial charge in [0.05, 0.1) is 14.2 Å². The highest BCUT2D eigenvalue weighted by Gasteiger charge is 2.05. The number of rotatable bonds is 6. The number of methoxy groups -OCH3 is 2. The van der Waals surface area contributed by atoms with E-state index in [1.807, 2.05) is 43.3 Å². The molecule has 0 aliphatic carbocycles. The van der Waals surface area contributed by atoms with Crippen molar-refractivity contribution >= 4 is 11.6 Å². The molecule has 1 amide bonds. The smallest absolute Gasteiger partial charge is 0.224 e. The molecule has 2 aromatic rings. The van der Waals surface area contributed by atoms with Crippen LogP contribution in [-0.4, -0.2) is 20.1 Å². The molecule has 0 aromatic heterocycles. The lowest BCUT2D eigenvalue weighted by atomic mass is 10.1. The Hall–Kier alpha value is -2.49. The molecular formula is C18H21NO3. The summed E-state index contributed by atoms with van der Waals surface area (Å²) < 4.78 is 10.3. The van der Waals surface area contributed by atoms with E-state index in [1.54, 1.807) is 14.2 Å². The van der Waals surface area contributed by atoms with E-state index >= 15 is 0 Å². The standard InChI is InChI=1S/C18H21NO3/c1-13-12-14(4-10-17(13)22-3)5-11-18(20)19-15-6-8-16(21-2)9-7-15/h4,6-10,12H,5,11H2,1-3H3,(H,19,20). The molecule has 0 unspecified atom stereocenters. The van der Waals surface area contributed by atoms with Crippen molar-refractivity contribution in [3.05, 3.63) is 53.6 Å². The molecule has 0 aliphatic rings. The molecule has 1 N–H and O–H groups in total. The third-order valence-electron chi connectivity index (χ3n) is 3.47. The summed E-state index contributed by atoms with van der Waals surface area (Å²) in [5.74, 6) is 1.64. The van der Waals surface area contributed by atoms with Gasteiger partial charge in [0.1, 0.15) is 11.5 Å². The molecular weight excluding hydrogens is 278 g/mol. The van der Waals surface area contributed by atoms with Gasteiger partial charge in [0.25, 0.3) is 0 Å². The summed E-state index contributed by atoms with van der Waals surface area (Å²) in [4.78, 5) is 12.0. The van der Waals surface area contributed by atoms with Crippen molar-refractivity contribution in [2.45, 2.75) is 19.8 Å². The van der Waals surface area contributed by atoms with E-state index in [2.05, 4.69) is 11.4 Å². The van der Waals surface area contributed by atoms with Crippen LogP contribution in [0, 0.1) is 6.92 Å². The summed E-state index contributed by atoms with van der Waals surface area (Å²) in [6.45, 7) is 2.00. The third kappa shape index (κ3) is 4.25. The fourth-order valence-electron chi connectivity index (χ4n) is 2.25. The number of hydrogen-bond acceptors (Lipinski definition) is 3. The van der Waals surface area contributed by atoms with Crippen molar-refractivity contribution in [2.24, 2.45) is 0 Å². The molecule has 0 heterocycles. The molecule has 4 heteroatoms. The third-order valence-corrected chi connectivity index (χ3v) is 3.47. The van der Waals surface area contributed by atoms with Crippen molar-refractivity contribution in [3.63, 3.8) is 0 Å². The minimum Gasteiger partial charge on any atom is -0.497 e. The Labute approximate surface area is 131 Å². The average Bonchev–Trinajstić information content (AvgIpc) is 2.54. The number of hydrogen-bond donors (Lipinski definition) is 1. The van der Waals surface area contributed by atoms with Crippen LogP contribution in [0.25, 0.3) is 0 Å². The first-order valence-corrected chi connectivity index (χ1v) is 7.20. The highest BCUT2D eigenvalue weighted by atomic mass is 16.5. The average molecular weight is 299 g/mol. The van der Waals surface area contributed by atoms with Gasteiger partial charge in [-0.15, -0.1) is 0 Å². The van der Waals surface area contributed by atoms with E-state index in [4.69, 9.17) is 9.47 Å². The summed E-state index contributed by atoms with van der Waals surface area (Å²) in [5.41, 5.74) is 2.98. The van der Waals surface area contributed by atoms with Gasteiger partial charge in [-0.05, 0) is 54.8 Å². The summed E-state index contributed by atoms with van der Waals surface area (Å²) >= 11 is 0. The lowest BCUT2D eigenvalue weighted by molar-refractivity contribution is -0.116. The topological polar surface area (TPSA) is 47.6 Å². The van der Waals surface area contributed by atoms with E-state index in [1.165, 1.54) is 0 Å². The van der Waals surface area contributed by atoms with Crippen molar-refractivity contribution in [1.82, 2.24) is 0 Å². The number of carbonyl (C=O) groups is 1. The largest absolute Gasteiger partial charge is 0.497 e. The Kier molecular flexibility index (Phi) is 5.42. The van der Waals surface area contributed by atoms with Crippen LogP contribution in [0.3, 0.4) is 0 Å². The van der Waals surface area contributed by atoms with Crippen molar-refractivity contribution < 1.29 is 14.3 Å². The molecule has 0 saturated heterocycles. The van der Waals surface area contributed by atoms with Gasteiger partial charge in [-0.25, -0.2) is 0 Å². The zero-order chi connectivity index (χ0) is 15.9. The van der Waals surface area contributed by atoms with Crippen molar-refractivity contribution in [2.75, 3.05) is 19.5 Å². The second-order valence-electron chi connectivity index (χ2n) is 5.08. The summed E-state index contributed by atoms with van der Waals surface area (Å²) in [5, 5.41) is 2.88. The fraction of sp³-hybridized carbons (Fsp3) is 0.278. The van der Waals surface area contributed by atoms with Crippen LogP contribution in [0.2, 0.25) is 0 Å².